The van der Waals surface area contributed by atoms with Crippen molar-refractivity contribution in [2.24, 2.45) is 0 Å². The Hall–Kier alpha value is -1.60. The number of hydrogen-bond donors (Lipinski definition) is 0. The molecule has 0 atom stereocenters. The normalized spacial score (nSPS) is 16.8. The van der Waals surface area contributed by atoms with Crippen molar-refractivity contribution in [3.8, 4) is 11.8 Å². The van der Waals surface area contributed by atoms with Crippen molar-refractivity contribution in [2.75, 3.05) is 13.2 Å². The van der Waals surface area contributed by atoms with Gasteiger partial charge in [-0.2, -0.15) is 5.26 Å². The minimum Gasteiger partial charge on any atom is -0.490 e. The maximum atomic E-state index is 13.3. The van der Waals surface area contributed by atoms with Crippen LogP contribution in [0.3, 0.4) is 0 Å². The van der Waals surface area contributed by atoms with Gasteiger partial charge >= 0.3 is 0 Å². The first kappa shape index (κ1) is 10.9. The summed E-state index contributed by atoms with van der Waals surface area (Å²) in [5.41, 5.74) is 0.0410. The van der Waals surface area contributed by atoms with Crippen molar-refractivity contribution in [2.45, 2.75) is 18.9 Å². The Labute approximate surface area is 93.4 Å². The van der Waals surface area contributed by atoms with Gasteiger partial charge in [-0.3, -0.25) is 0 Å². The second kappa shape index (κ2) is 4.95. The smallest absolute Gasteiger partial charge is 0.144 e. The van der Waals surface area contributed by atoms with Gasteiger partial charge < -0.3 is 9.47 Å². The maximum Gasteiger partial charge on any atom is 0.144 e. The van der Waals surface area contributed by atoms with Gasteiger partial charge in [-0.1, -0.05) is 0 Å². The van der Waals surface area contributed by atoms with E-state index < -0.39 is 5.82 Å². The lowest BCUT2D eigenvalue weighted by Gasteiger charge is -2.23. The monoisotopic (exact) mass is 221 g/mol. The summed E-state index contributed by atoms with van der Waals surface area (Å²) in [6.07, 6.45) is 1.73. The summed E-state index contributed by atoms with van der Waals surface area (Å²) in [6, 6.07) is 6.09. The third kappa shape index (κ3) is 2.50. The summed E-state index contributed by atoms with van der Waals surface area (Å²) < 4.78 is 24.1. The van der Waals surface area contributed by atoms with Crippen LogP contribution in [0.5, 0.6) is 5.75 Å². The number of rotatable bonds is 2. The summed E-state index contributed by atoms with van der Waals surface area (Å²) >= 11 is 0. The zero-order chi connectivity index (χ0) is 11.4. The van der Waals surface area contributed by atoms with E-state index in [4.69, 9.17) is 14.7 Å². The number of halogens is 1. The van der Waals surface area contributed by atoms with Gasteiger partial charge in [-0.15, -0.1) is 0 Å². The molecule has 84 valence electrons. The van der Waals surface area contributed by atoms with Gasteiger partial charge in [0.15, 0.2) is 0 Å². The highest BCUT2D eigenvalue weighted by Gasteiger charge is 2.15. The minimum absolute atomic E-state index is 0.0410. The van der Waals surface area contributed by atoms with Crippen molar-refractivity contribution < 1.29 is 13.9 Å². The molecule has 0 amide bonds. The number of nitriles is 1. The van der Waals surface area contributed by atoms with E-state index in [1.807, 2.05) is 0 Å². The Morgan fingerprint density at radius 1 is 1.38 bits per heavy atom. The van der Waals surface area contributed by atoms with Crippen molar-refractivity contribution in [1.82, 2.24) is 0 Å². The van der Waals surface area contributed by atoms with Gasteiger partial charge in [0, 0.05) is 18.9 Å². The van der Waals surface area contributed by atoms with Crippen LogP contribution in [0.1, 0.15) is 18.4 Å². The van der Waals surface area contributed by atoms with Crippen LogP contribution in [0.4, 0.5) is 4.39 Å². The van der Waals surface area contributed by atoms with Crippen LogP contribution in [0.15, 0.2) is 18.2 Å². The van der Waals surface area contributed by atoms with Gasteiger partial charge in [0.2, 0.25) is 0 Å². The van der Waals surface area contributed by atoms with E-state index in [-0.39, 0.29) is 11.7 Å². The molecular weight excluding hydrogens is 209 g/mol. The van der Waals surface area contributed by atoms with E-state index in [9.17, 15) is 4.39 Å². The third-order valence-corrected chi connectivity index (χ3v) is 2.53. The summed E-state index contributed by atoms with van der Waals surface area (Å²) in [7, 11) is 0. The Morgan fingerprint density at radius 2 is 2.12 bits per heavy atom. The fourth-order valence-electron chi connectivity index (χ4n) is 1.65. The molecule has 0 bridgehead atoms. The molecular formula is C12H12FNO2. The average Bonchev–Trinajstić information content (AvgIpc) is 2.31. The number of hydrogen-bond acceptors (Lipinski definition) is 3. The fourth-order valence-corrected chi connectivity index (χ4v) is 1.65. The van der Waals surface area contributed by atoms with E-state index >= 15 is 0 Å². The molecule has 0 saturated carbocycles. The molecule has 0 aliphatic carbocycles. The maximum absolute atomic E-state index is 13.3. The van der Waals surface area contributed by atoms with Crippen LogP contribution in [0.2, 0.25) is 0 Å². The summed E-state index contributed by atoms with van der Waals surface area (Å²) in [5, 5.41) is 8.58. The molecule has 2 rings (SSSR count). The molecule has 1 aromatic rings. The summed E-state index contributed by atoms with van der Waals surface area (Å²) in [5.74, 6) is -0.0598. The molecule has 0 radical (unpaired) electrons. The van der Waals surface area contributed by atoms with Gasteiger partial charge in [-0.05, 0) is 12.1 Å². The lowest BCUT2D eigenvalue weighted by Crippen LogP contribution is -2.25. The van der Waals surface area contributed by atoms with Crippen molar-refractivity contribution in [3.63, 3.8) is 0 Å². The Morgan fingerprint density at radius 3 is 2.75 bits per heavy atom. The van der Waals surface area contributed by atoms with Crippen LogP contribution < -0.4 is 4.74 Å². The molecule has 0 N–H and O–H groups in total. The molecule has 0 aromatic heterocycles. The van der Waals surface area contributed by atoms with Crippen LogP contribution in [0, 0.1) is 17.1 Å². The Kier molecular flexibility index (Phi) is 3.37. The summed E-state index contributed by atoms with van der Waals surface area (Å²) in [6.45, 7) is 1.37. The zero-order valence-electron chi connectivity index (χ0n) is 8.78. The second-order valence-electron chi connectivity index (χ2n) is 3.68. The predicted molar refractivity (Wildman–Crippen MR) is 55.6 cm³/mol. The molecule has 1 aromatic carbocycles. The topological polar surface area (TPSA) is 42.2 Å². The molecule has 0 unspecified atom stereocenters. The third-order valence-electron chi connectivity index (χ3n) is 2.53. The van der Waals surface area contributed by atoms with E-state index in [0.717, 1.165) is 12.8 Å². The van der Waals surface area contributed by atoms with Crippen molar-refractivity contribution in [3.05, 3.63) is 29.6 Å². The quantitative estimate of drug-likeness (QED) is 0.769. The molecule has 16 heavy (non-hydrogen) atoms. The highest BCUT2D eigenvalue weighted by molar-refractivity contribution is 5.36. The molecule has 3 nitrogen and oxygen atoms in total. The first-order valence-corrected chi connectivity index (χ1v) is 5.23. The van der Waals surface area contributed by atoms with E-state index in [1.54, 1.807) is 12.1 Å². The molecule has 4 heteroatoms. The van der Waals surface area contributed by atoms with E-state index in [0.29, 0.717) is 19.0 Å². The van der Waals surface area contributed by atoms with Crippen molar-refractivity contribution >= 4 is 0 Å². The average molecular weight is 221 g/mol. The molecule has 1 aliphatic rings. The first-order chi connectivity index (χ1) is 7.79. The molecule has 1 fully saturated rings. The standard InChI is InChI=1S/C12H12FNO2/c13-12-7-11(2-1-9(12)8-14)16-10-3-5-15-6-4-10/h1-2,7,10H,3-6H2. The zero-order valence-corrected chi connectivity index (χ0v) is 8.78. The lowest BCUT2D eigenvalue weighted by atomic mass is 10.1. The van der Waals surface area contributed by atoms with Crippen LogP contribution >= 0.6 is 0 Å². The first-order valence-electron chi connectivity index (χ1n) is 5.23. The lowest BCUT2D eigenvalue weighted by molar-refractivity contribution is 0.0254. The molecule has 1 saturated heterocycles. The SMILES string of the molecule is N#Cc1ccc(OC2CCOCC2)cc1F. The molecule has 1 heterocycles. The number of benzene rings is 1. The Bertz CT molecular complexity index is 408. The highest BCUT2D eigenvalue weighted by atomic mass is 19.1. The second-order valence-corrected chi connectivity index (χ2v) is 3.68. The van der Waals surface area contributed by atoms with E-state index in [2.05, 4.69) is 0 Å². The minimum atomic E-state index is -0.535. The van der Waals surface area contributed by atoms with Crippen LogP contribution in [-0.4, -0.2) is 19.3 Å². The Balaban J connectivity index is 2.04. The molecule has 1 aliphatic heterocycles. The highest BCUT2D eigenvalue weighted by Crippen LogP contribution is 2.20. The van der Waals surface area contributed by atoms with Crippen molar-refractivity contribution in [1.29, 1.82) is 5.26 Å². The van der Waals surface area contributed by atoms with Gasteiger partial charge in [0.05, 0.1) is 18.8 Å². The fraction of sp³-hybridized carbons (Fsp3) is 0.417. The number of ether oxygens (including phenoxy) is 2. The van der Waals surface area contributed by atoms with Crippen LogP contribution in [0.25, 0.3) is 0 Å². The molecule has 0 spiro atoms. The van der Waals surface area contributed by atoms with Crippen LogP contribution in [-0.2, 0) is 4.74 Å². The van der Waals surface area contributed by atoms with Gasteiger partial charge in [0.1, 0.15) is 23.7 Å². The summed E-state index contributed by atoms with van der Waals surface area (Å²) in [4.78, 5) is 0. The van der Waals surface area contributed by atoms with E-state index in [1.165, 1.54) is 12.1 Å². The predicted octanol–water partition coefficient (Wildman–Crippen LogP) is 2.26. The number of nitrogens with zero attached hydrogens (tertiary/aromatic N) is 1. The van der Waals surface area contributed by atoms with Gasteiger partial charge in [0.25, 0.3) is 0 Å². The van der Waals surface area contributed by atoms with Gasteiger partial charge in [-0.25, -0.2) is 4.39 Å². The largest absolute Gasteiger partial charge is 0.490 e.